The van der Waals surface area contributed by atoms with Gasteiger partial charge in [-0.1, -0.05) is 0 Å². The van der Waals surface area contributed by atoms with Crippen molar-refractivity contribution in [3.05, 3.63) is 29.1 Å². The number of phenolic OH excluding ortho intramolecular Hbond substituents is 1. The molecule has 1 aromatic rings. The molecule has 0 aromatic heterocycles. The number of phenols is 1. The molecule has 0 aliphatic heterocycles. The average Bonchev–Trinajstić information content (AvgIpc) is 2.12. The normalized spacial score (nSPS) is 15.2. The Labute approximate surface area is 82.0 Å². The maximum absolute atomic E-state index is 13.2. The van der Waals surface area contributed by atoms with Crippen molar-refractivity contribution in [1.29, 1.82) is 0 Å². The Morgan fingerprint density at radius 3 is 2.57 bits per heavy atom. The van der Waals surface area contributed by atoms with Crippen LogP contribution in [0.4, 0.5) is 4.39 Å². The third-order valence-electron chi connectivity index (χ3n) is 2.28. The molecular formula is C10H14FNO2. The van der Waals surface area contributed by atoms with Gasteiger partial charge in [-0.2, -0.15) is 0 Å². The number of aromatic hydroxyl groups is 1. The lowest BCUT2D eigenvalue weighted by atomic mass is 9.89. The van der Waals surface area contributed by atoms with Crippen molar-refractivity contribution >= 4 is 0 Å². The van der Waals surface area contributed by atoms with Gasteiger partial charge in [-0.3, -0.25) is 0 Å². The molecule has 3 nitrogen and oxygen atoms in total. The molecular weight excluding hydrogens is 185 g/mol. The molecule has 0 spiro atoms. The van der Waals surface area contributed by atoms with E-state index in [1.54, 1.807) is 0 Å². The summed E-state index contributed by atoms with van der Waals surface area (Å²) >= 11 is 0. The minimum Gasteiger partial charge on any atom is -0.508 e. The van der Waals surface area contributed by atoms with E-state index in [-0.39, 0.29) is 23.5 Å². The van der Waals surface area contributed by atoms with Gasteiger partial charge in [-0.15, -0.1) is 0 Å². The molecule has 0 aliphatic rings. The van der Waals surface area contributed by atoms with Crippen LogP contribution in [0.3, 0.4) is 0 Å². The van der Waals surface area contributed by atoms with Crippen molar-refractivity contribution in [2.45, 2.75) is 19.4 Å². The van der Waals surface area contributed by atoms with Crippen LogP contribution in [-0.2, 0) is 5.54 Å². The van der Waals surface area contributed by atoms with E-state index < -0.39 is 11.4 Å². The molecule has 1 aromatic carbocycles. The minimum absolute atomic E-state index is 0.0945. The summed E-state index contributed by atoms with van der Waals surface area (Å²) in [6.45, 7) is 2.70. The van der Waals surface area contributed by atoms with Crippen molar-refractivity contribution in [3.8, 4) is 5.75 Å². The van der Waals surface area contributed by atoms with Crippen molar-refractivity contribution < 1.29 is 14.6 Å². The van der Waals surface area contributed by atoms with Crippen LogP contribution >= 0.6 is 0 Å². The van der Waals surface area contributed by atoms with Crippen LogP contribution in [0.1, 0.15) is 18.1 Å². The van der Waals surface area contributed by atoms with Crippen molar-refractivity contribution in [3.63, 3.8) is 0 Å². The first-order valence-electron chi connectivity index (χ1n) is 4.28. The monoisotopic (exact) mass is 199 g/mol. The number of hydrogen-bond acceptors (Lipinski definition) is 3. The molecule has 4 N–H and O–H groups in total. The highest BCUT2D eigenvalue weighted by Crippen LogP contribution is 2.31. The molecule has 0 saturated carbocycles. The van der Waals surface area contributed by atoms with Gasteiger partial charge in [0.15, 0.2) is 0 Å². The Balaban J connectivity index is 3.40. The topological polar surface area (TPSA) is 66.5 Å². The number of aliphatic hydroxyl groups is 1. The zero-order valence-corrected chi connectivity index (χ0v) is 8.21. The minimum atomic E-state index is -1.13. The molecule has 1 atom stereocenters. The predicted octanol–water partition coefficient (Wildman–Crippen LogP) is 1.01. The molecule has 0 fully saturated rings. The fourth-order valence-corrected chi connectivity index (χ4v) is 1.47. The van der Waals surface area contributed by atoms with E-state index in [2.05, 4.69) is 0 Å². The smallest absolute Gasteiger partial charge is 0.126 e. The highest BCUT2D eigenvalue weighted by Gasteiger charge is 2.26. The van der Waals surface area contributed by atoms with Crippen molar-refractivity contribution in [2.24, 2.45) is 5.73 Å². The van der Waals surface area contributed by atoms with Gasteiger partial charge in [-0.05, 0) is 31.5 Å². The lowest BCUT2D eigenvalue weighted by Gasteiger charge is -2.25. The zero-order chi connectivity index (χ0) is 10.9. The molecule has 0 saturated heterocycles. The first-order valence-corrected chi connectivity index (χ1v) is 4.28. The molecule has 0 aliphatic carbocycles. The number of rotatable bonds is 2. The van der Waals surface area contributed by atoms with Gasteiger partial charge in [0, 0.05) is 5.56 Å². The highest BCUT2D eigenvalue weighted by molar-refractivity contribution is 5.44. The number of benzene rings is 1. The summed E-state index contributed by atoms with van der Waals surface area (Å²) in [4.78, 5) is 0. The van der Waals surface area contributed by atoms with Gasteiger partial charge < -0.3 is 15.9 Å². The number of halogens is 1. The molecule has 0 amide bonds. The van der Waals surface area contributed by atoms with Crippen LogP contribution in [0.2, 0.25) is 0 Å². The summed E-state index contributed by atoms with van der Waals surface area (Å²) in [5, 5.41) is 18.6. The Morgan fingerprint density at radius 1 is 1.50 bits per heavy atom. The van der Waals surface area contributed by atoms with Gasteiger partial charge in [0.05, 0.1) is 12.1 Å². The van der Waals surface area contributed by atoms with E-state index in [0.717, 1.165) is 0 Å². The van der Waals surface area contributed by atoms with E-state index in [9.17, 15) is 9.50 Å². The molecule has 0 bridgehead atoms. The van der Waals surface area contributed by atoms with E-state index in [1.807, 2.05) is 0 Å². The Bertz CT molecular complexity index is 350. The first kappa shape index (κ1) is 10.9. The molecule has 4 heteroatoms. The fourth-order valence-electron chi connectivity index (χ4n) is 1.47. The van der Waals surface area contributed by atoms with Gasteiger partial charge in [0.1, 0.15) is 11.6 Å². The number of hydrogen-bond donors (Lipinski definition) is 3. The second kappa shape index (κ2) is 3.55. The fraction of sp³-hybridized carbons (Fsp3) is 0.400. The summed E-state index contributed by atoms with van der Waals surface area (Å²) < 4.78 is 13.2. The third-order valence-corrected chi connectivity index (χ3v) is 2.28. The third kappa shape index (κ3) is 1.71. The summed E-state index contributed by atoms with van der Waals surface area (Å²) in [7, 11) is 0. The standard InChI is InChI=1S/C10H14FNO2/c1-6-7(11)3-4-8(14)9(6)10(2,12)5-13/h3-4,13-14H,5,12H2,1-2H3. The van der Waals surface area contributed by atoms with Crippen LogP contribution < -0.4 is 5.73 Å². The first-order chi connectivity index (χ1) is 6.40. The van der Waals surface area contributed by atoms with E-state index in [0.29, 0.717) is 0 Å². The maximum Gasteiger partial charge on any atom is 0.126 e. The van der Waals surface area contributed by atoms with Crippen molar-refractivity contribution in [2.75, 3.05) is 6.61 Å². The molecule has 78 valence electrons. The predicted molar refractivity (Wildman–Crippen MR) is 51.4 cm³/mol. The van der Waals surface area contributed by atoms with Crippen LogP contribution in [0.15, 0.2) is 12.1 Å². The molecule has 0 heterocycles. The van der Waals surface area contributed by atoms with Gasteiger partial charge >= 0.3 is 0 Å². The lowest BCUT2D eigenvalue weighted by Crippen LogP contribution is -2.38. The van der Waals surface area contributed by atoms with Gasteiger partial charge in [0.25, 0.3) is 0 Å². The van der Waals surface area contributed by atoms with Gasteiger partial charge in [0.2, 0.25) is 0 Å². The molecule has 1 rings (SSSR count). The largest absolute Gasteiger partial charge is 0.508 e. The second-order valence-corrected chi connectivity index (χ2v) is 3.64. The zero-order valence-electron chi connectivity index (χ0n) is 8.21. The molecule has 1 unspecified atom stereocenters. The van der Waals surface area contributed by atoms with Crippen LogP contribution in [0, 0.1) is 12.7 Å². The van der Waals surface area contributed by atoms with E-state index in [4.69, 9.17) is 10.8 Å². The Kier molecular flexibility index (Phi) is 2.78. The van der Waals surface area contributed by atoms with E-state index in [1.165, 1.54) is 26.0 Å². The van der Waals surface area contributed by atoms with Gasteiger partial charge in [-0.25, -0.2) is 4.39 Å². The lowest BCUT2D eigenvalue weighted by molar-refractivity contribution is 0.206. The maximum atomic E-state index is 13.2. The summed E-state index contributed by atoms with van der Waals surface area (Å²) in [6, 6.07) is 2.40. The summed E-state index contributed by atoms with van der Waals surface area (Å²) in [5.74, 6) is -0.536. The Hall–Kier alpha value is -1.13. The van der Waals surface area contributed by atoms with E-state index >= 15 is 0 Å². The summed E-state index contributed by atoms with van der Waals surface area (Å²) in [6.07, 6.45) is 0. The quantitative estimate of drug-likeness (QED) is 0.665. The van der Waals surface area contributed by atoms with Crippen LogP contribution in [-0.4, -0.2) is 16.8 Å². The second-order valence-electron chi connectivity index (χ2n) is 3.64. The molecule has 0 radical (unpaired) electrons. The average molecular weight is 199 g/mol. The SMILES string of the molecule is Cc1c(F)ccc(O)c1C(C)(N)CO. The summed E-state index contributed by atoms with van der Waals surface area (Å²) in [5.41, 5.74) is 5.12. The Morgan fingerprint density at radius 2 is 2.07 bits per heavy atom. The molecule has 14 heavy (non-hydrogen) atoms. The van der Waals surface area contributed by atoms with Crippen LogP contribution in [0.5, 0.6) is 5.75 Å². The number of aliphatic hydroxyl groups excluding tert-OH is 1. The number of nitrogens with two attached hydrogens (primary N) is 1. The highest BCUT2D eigenvalue weighted by atomic mass is 19.1. The van der Waals surface area contributed by atoms with Crippen molar-refractivity contribution in [1.82, 2.24) is 0 Å². The van der Waals surface area contributed by atoms with Crippen LogP contribution in [0.25, 0.3) is 0 Å².